The Labute approximate surface area is 186 Å². The van der Waals surface area contributed by atoms with Gasteiger partial charge in [0.05, 0.1) is 24.9 Å². The van der Waals surface area contributed by atoms with Gasteiger partial charge in [0.25, 0.3) is 0 Å². The summed E-state index contributed by atoms with van der Waals surface area (Å²) in [7, 11) is 0. The number of likely N-dealkylation sites (tertiary alicyclic amines) is 1. The predicted octanol–water partition coefficient (Wildman–Crippen LogP) is 4.07. The van der Waals surface area contributed by atoms with Gasteiger partial charge >= 0.3 is 6.61 Å². The molecule has 2 fully saturated rings. The Balaban J connectivity index is 1.33. The van der Waals surface area contributed by atoms with Crippen molar-refractivity contribution in [2.24, 2.45) is 0 Å². The standard InChI is InChI=1S/C24H28F2N2O4/c25-23(26)32-20-9-7-19(8-10-20)27-22(29)16-28-13-12-24(11-4-14-31-24)21(15-28)30-17-18-5-2-1-3-6-18/h1-3,5-10,21,23H,4,11-17H2,(H,27,29)/t21-,24+/m0/s1. The second kappa shape index (κ2) is 10.4. The molecule has 8 heteroatoms. The van der Waals surface area contributed by atoms with Gasteiger partial charge in [0.2, 0.25) is 5.91 Å². The number of nitrogens with one attached hydrogen (secondary N) is 1. The fraction of sp³-hybridized carbons (Fsp3) is 0.458. The molecular formula is C24H28F2N2O4. The van der Waals surface area contributed by atoms with Gasteiger partial charge in [0, 0.05) is 25.4 Å². The molecule has 0 unspecified atom stereocenters. The summed E-state index contributed by atoms with van der Waals surface area (Å²) < 4.78 is 41.3. The first-order valence-corrected chi connectivity index (χ1v) is 10.9. The first-order chi connectivity index (χ1) is 15.5. The first-order valence-electron chi connectivity index (χ1n) is 10.9. The summed E-state index contributed by atoms with van der Waals surface area (Å²) in [4.78, 5) is 14.6. The molecule has 1 amide bonds. The number of alkyl halides is 2. The maximum Gasteiger partial charge on any atom is 0.387 e. The zero-order chi connectivity index (χ0) is 22.4. The number of nitrogens with zero attached hydrogens (tertiary/aromatic N) is 1. The fourth-order valence-electron chi connectivity index (χ4n) is 4.41. The molecule has 0 saturated carbocycles. The van der Waals surface area contributed by atoms with Crippen LogP contribution in [0.3, 0.4) is 0 Å². The fourth-order valence-corrected chi connectivity index (χ4v) is 4.41. The Bertz CT molecular complexity index is 873. The molecule has 2 aromatic carbocycles. The number of carbonyl (C=O) groups excluding carboxylic acids is 1. The summed E-state index contributed by atoms with van der Waals surface area (Å²) in [6.07, 6.45) is 2.70. The van der Waals surface area contributed by atoms with Crippen LogP contribution in [0, 0.1) is 0 Å². The van der Waals surface area contributed by atoms with E-state index in [-0.39, 0.29) is 29.9 Å². The van der Waals surface area contributed by atoms with Crippen molar-refractivity contribution in [3.05, 3.63) is 60.2 Å². The van der Waals surface area contributed by atoms with Crippen LogP contribution in [-0.2, 0) is 20.9 Å². The van der Waals surface area contributed by atoms with Crippen molar-refractivity contribution in [1.29, 1.82) is 0 Å². The number of anilines is 1. The van der Waals surface area contributed by atoms with Gasteiger partial charge in [-0.3, -0.25) is 9.69 Å². The van der Waals surface area contributed by atoms with E-state index in [1.54, 1.807) is 12.1 Å². The third kappa shape index (κ3) is 5.82. The maximum atomic E-state index is 12.6. The van der Waals surface area contributed by atoms with Gasteiger partial charge in [-0.15, -0.1) is 0 Å². The summed E-state index contributed by atoms with van der Waals surface area (Å²) in [6, 6.07) is 15.9. The second-order valence-corrected chi connectivity index (χ2v) is 8.24. The highest BCUT2D eigenvalue weighted by atomic mass is 19.3. The Hall–Kier alpha value is -2.55. The molecule has 4 rings (SSSR count). The number of ether oxygens (including phenoxy) is 3. The van der Waals surface area contributed by atoms with Crippen molar-refractivity contribution in [2.45, 2.75) is 44.2 Å². The van der Waals surface area contributed by atoms with Gasteiger partial charge in [-0.05, 0) is 49.1 Å². The lowest BCUT2D eigenvalue weighted by Crippen LogP contribution is -2.57. The highest BCUT2D eigenvalue weighted by Crippen LogP contribution is 2.38. The van der Waals surface area contributed by atoms with E-state index in [4.69, 9.17) is 9.47 Å². The number of benzene rings is 2. The molecule has 2 heterocycles. The summed E-state index contributed by atoms with van der Waals surface area (Å²) in [5.41, 5.74) is 1.36. The summed E-state index contributed by atoms with van der Waals surface area (Å²) in [6.45, 7) is -0.0444. The first kappa shape index (κ1) is 22.6. The zero-order valence-corrected chi connectivity index (χ0v) is 17.8. The average molecular weight is 446 g/mol. The number of carbonyl (C=O) groups is 1. The largest absolute Gasteiger partial charge is 0.435 e. The van der Waals surface area contributed by atoms with Crippen LogP contribution in [-0.4, -0.2) is 55.4 Å². The van der Waals surface area contributed by atoms with Crippen LogP contribution < -0.4 is 10.1 Å². The van der Waals surface area contributed by atoms with Gasteiger partial charge in [-0.2, -0.15) is 8.78 Å². The summed E-state index contributed by atoms with van der Waals surface area (Å²) in [5.74, 6) is -0.119. The number of hydrogen-bond acceptors (Lipinski definition) is 5. The van der Waals surface area contributed by atoms with E-state index >= 15 is 0 Å². The Morgan fingerprint density at radius 3 is 2.62 bits per heavy atom. The number of hydrogen-bond donors (Lipinski definition) is 1. The van der Waals surface area contributed by atoms with Crippen LogP contribution in [0.25, 0.3) is 0 Å². The zero-order valence-electron chi connectivity index (χ0n) is 17.8. The van der Waals surface area contributed by atoms with Crippen LogP contribution in [0.5, 0.6) is 5.75 Å². The number of piperidine rings is 1. The van der Waals surface area contributed by atoms with E-state index in [9.17, 15) is 13.6 Å². The Kier molecular flexibility index (Phi) is 7.34. The quantitative estimate of drug-likeness (QED) is 0.663. The second-order valence-electron chi connectivity index (χ2n) is 8.24. The third-order valence-corrected chi connectivity index (χ3v) is 6.02. The molecule has 0 radical (unpaired) electrons. The van der Waals surface area contributed by atoms with E-state index in [0.29, 0.717) is 18.8 Å². The third-order valence-electron chi connectivity index (χ3n) is 6.02. The minimum Gasteiger partial charge on any atom is -0.435 e. The molecule has 0 aromatic heterocycles. The van der Waals surface area contributed by atoms with Crippen LogP contribution in [0.15, 0.2) is 54.6 Å². The molecule has 2 aliphatic heterocycles. The normalized spacial score (nSPS) is 23.5. The summed E-state index contributed by atoms with van der Waals surface area (Å²) >= 11 is 0. The molecule has 2 aliphatic rings. The lowest BCUT2D eigenvalue weighted by molar-refractivity contribution is -0.159. The van der Waals surface area contributed by atoms with Gasteiger partial charge in [-0.1, -0.05) is 30.3 Å². The van der Waals surface area contributed by atoms with Crippen molar-refractivity contribution in [3.63, 3.8) is 0 Å². The average Bonchev–Trinajstić information content (AvgIpc) is 3.25. The molecule has 1 N–H and O–H groups in total. The highest BCUT2D eigenvalue weighted by molar-refractivity contribution is 5.92. The Morgan fingerprint density at radius 1 is 1.16 bits per heavy atom. The van der Waals surface area contributed by atoms with Crippen molar-refractivity contribution < 1.29 is 27.8 Å². The van der Waals surface area contributed by atoms with Crippen molar-refractivity contribution in [3.8, 4) is 5.75 Å². The lowest BCUT2D eigenvalue weighted by atomic mass is 9.85. The van der Waals surface area contributed by atoms with E-state index < -0.39 is 6.61 Å². The molecular weight excluding hydrogens is 418 g/mol. The summed E-state index contributed by atoms with van der Waals surface area (Å²) in [5, 5.41) is 2.81. The van der Waals surface area contributed by atoms with Crippen LogP contribution in [0.4, 0.5) is 14.5 Å². The molecule has 32 heavy (non-hydrogen) atoms. The maximum absolute atomic E-state index is 12.6. The van der Waals surface area contributed by atoms with Crippen molar-refractivity contribution in [2.75, 3.05) is 31.6 Å². The number of halogens is 2. The van der Waals surface area contributed by atoms with Gasteiger partial charge in [0.1, 0.15) is 5.75 Å². The smallest absolute Gasteiger partial charge is 0.387 e. The number of rotatable bonds is 8. The molecule has 2 saturated heterocycles. The predicted molar refractivity (Wildman–Crippen MR) is 116 cm³/mol. The van der Waals surface area contributed by atoms with Crippen LogP contribution in [0.2, 0.25) is 0 Å². The molecule has 172 valence electrons. The Morgan fingerprint density at radius 2 is 1.94 bits per heavy atom. The molecule has 1 spiro atoms. The van der Waals surface area contributed by atoms with Gasteiger partial charge < -0.3 is 19.5 Å². The minimum absolute atomic E-state index is 0.0503. The number of amides is 1. The van der Waals surface area contributed by atoms with Gasteiger partial charge in [-0.25, -0.2) is 0 Å². The van der Waals surface area contributed by atoms with Crippen molar-refractivity contribution >= 4 is 11.6 Å². The molecule has 0 aliphatic carbocycles. The molecule has 2 aromatic rings. The molecule has 2 atom stereocenters. The van der Waals surface area contributed by atoms with E-state index in [2.05, 4.69) is 15.0 Å². The van der Waals surface area contributed by atoms with Crippen LogP contribution >= 0.6 is 0 Å². The van der Waals surface area contributed by atoms with Crippen LogP contribution in [0.1, 0.15) is 24.8 Å². The monoisotopic (exact) mass is 446 g/mol. The van der Waals surface area contributed by atoms with Crippen molar-refractivity contribution in [1.82, 2.24) is 4.90 Å². The van der Waals surface area contributed by atoms with E-state index in [1.165, 1.54) is 12.1 Å². The lowest BCUT2D eigenvalue weighted by Gasteiger charge is -2.44. The minimum atomic E-state index is -2.88. The van der Waals surface area contributed by atoms with E-state index in [0.717, 1.165) is 38.0 Å². The topological polar surface area (TPSA) is 60.0 Å². The molecule has 6 nitrogen and oxygen atoms in total. The molecule has 0 bridgehead atoms. The highest BCUT2D eigenvalue weighted by Gasteiger charge is 2.47. The van der Waals surface area contributed by atoms with E-state index in [1.807, 2.05) is 30.3 Å². The SMILES string of the molecule is O=C(CN1CC[C@]2(CCCO2)[C@@H](OCc2ccccc2)C1)Nc1ccc(OC(F)F)cc1. The van der Waals surface area contributed by atoms with Gasteiger partial charge in [0.15, 0.2) is 0 Å².